The lowest BCUT2D eigenvalue weighted by atomic mass is 10.2. The average molecular weight is 418 g/mol. The van der Waals surface area contributed by atoms with E-state index < -0.39 is 0 Å². The minimum absolute atomic E-state index is 0.115. The van der Waals surface area contributed by atoms with Gasteiger partial charge in [0.1, 0.15) is 5.76 Å². The van der Waals surface area contributed by atoms with E-state index in [1.165, 1.54) is 0 Å². The molecular formula is C24H26N4O3. The number of aromatic nitrogens is 3. The van der Waals surface area contributed by atoms with Gasteiger partial charge in [-0.1, -0.05) is 30.3 Å². The van der Waals surface area contributed by atoms with Crippen LogP contribution >= 0.6 is 0 Å². The minimum Gasteiger partial charge on any atom is -0.441 e. The smallest absolute Gasteiger partial charge is 0.232 e. The lowest BCUT2D eigenvalue weighted by Crippen LogP contribution is -2.19. The molecular weight excluding hydrogens is 392 g/mol. The molecule has 0 saturated heterocycles. The molecule has 1 N–H and O–H groups in total. The van der Waals surface area contributed by atoms with Gasteiger partial charge in [-0.25, -0.2) is 9.97 Å². The van der Waals surface area contributed by atoms with Gasteiger partial charge >= 0.3 is 0 Å². The molecule has 4 aromatic rings. The number of amides is 1. The van der Waals surface area contributed by atoms with Crippen molar-refractivity contribution in [3.8, 4) is 11.5 Å². The zero-order valence-electron chi connectivity index (χ0n) is 17.8. The molecule has 2 aromatic heterocycles. The van der Waals surface area contributed by atoms with Crippen molar-refractivity contribution in [2.24, 2.45) is 0 Å². The molecule has 0 bridgehead atoms. The summed E-state index contributed by atoms with van der Waals surface area (Å²) in [6, 6.07) is 17.5. The van der Waals surface area contributed by atoms with E-state index in [1.807, 2.05) is 73.0 Å². The number of fused-ring (bicyclic) bond motifs is 1. The zero-order chi connectivity index (χ0) is 21.6. The Morgan fingerprint density at radius 1 is 1.10 bits per heavy atom. The van der Waals surface area contributed by atoms with E-state index in [1.54, 1.807) is 0 Å². The fraction of sp³-hybridized carbons (Fsp3) is 0.292. The molecule has 2 aromatic carbocycles. The molecule has 7 heteroatoms. The van der Waals surface area contributed by atoms with Crippen molar-refractivity contribution in [2.45, 2.75) is 33.2 Å². The summed E-state index contributed by atoms with van der Waals surface area (Å²) in [4.78, 5) is 22.0. The Labute approximate surface area is 181 Å². The molecule has 0 saturated carbocycles. The maximum atomic E-state index is 12.8. The summed E-state index contributed by atoms with van der Waals surface area (Å²) in [7, 11) is 0. The summed E-state index contributed by atoms with van der Waals surface area (Å²) in [6.07, 6.45) is 0.949. The van der Waals surface area contributed by atoms with E-state index in [9.17, 15) is 4.79 Å². The Bertz CT molecular complexity index is 1160. The van der Waals surface area contributed by atoms with Crippen molar-refractivity contribution < 1.29 is 13.9 Å². The highest BCUT2D eigenvalue weighted by Crippen LogP contribution is 2.23. The quantitative estimate of drug-likeness (QED) is 0.402. The van der Waals surface area contributed by atoms with E-state index in [2.05, 4.69) is 15.3 Å². The Morgan fingerprint density at radius 3 is 2.68 bits per heavy atom. The fourth-order valence-corrected chi connectivity index (χ4v) is 3.48. The van der Waals surface area contributed by atoms with Crippen LogP contribution in [0.25, 0.3) is 22.5 Å². The third-order valence-electron chi connectivity index (χ3n) is 5.02. The van der Waals surface area contributed by atoms with Crippen molar-refractivity contribution in [3.63, 3.8) is 0 Å². The molecule has 4 rings (SSSR count). The van der Waals surface area contributed by atoms with Crippen molar-refractivity contribution >= 4 is 22.9 Å². The molecule has 0 fully saturated rings. The Kier molecular flexibility index (Phi) is 6.43. The van der Waals surface area contributed by atoms with Crippen LogP contribution < -0.4 is 5.32 Å². The van der Waals surface area contributed by atoms with Crippen LogP contribution in [0.5, 0.6) is 0 Å². The Hall–Kier alpha value is -3.45. The number of nitrogens with zero attached hydrogens (tertiary/aromatic N) is 3. The molecule has 0 aliphatic rings. The number of anilines is 1. The number of nitrogens with one attached hydrogen (secondary N) is 1. The summed E-state index contributed by atoms with van der Waals surface area (Å²) in [6.45, 7) is 5.86. The molecule has 31 heavy (non-hydrogen) atoms. The van der Waals surface area contributed by atoms with E-state index >= 15 is 0 Å². The molecule has 0 aliphatic heterocycles. The monoisotopic (exact) mass is 418 g/mol. The topological polar surface area (TPSA) is 82.2 Å². The zero-order valence-corrected chi connectivity index (χ0v) is 17.8. The van der Waals surface area contributed by atoms with Crippen LogP contribution in [-0.2, 0) is 22.5 Å². The van der Waals surface area contributed by atoms with Gasteiger partial charge in [0.25, 0.3) is 0 Å². The van der Waals surface area contributed by atoms with E-state index in [0.717, 1.165) is 23.0 Å². The lowest BCUT2D eigenvalue weighted by Gasteiger charge is -2.10. The summed E-state index contributed by atoms with van der Waals surface area (Å²) in [5, 5.41) is 2.96. The number of rotatable bonds is 9. The van der Waals surface area contributed by atoms with E-state index in [-0.39, 0.29) is 12.3 Å². The number of hydrogen-bond donors (Lipinski definition) is 1. The molecule has 2 heterocycles. The van der Waals surface area contributed by atoms with Gasteiger partial charge in [0.05, 0.1) is 23.1 Å². The number of carbonyl (C=O) groups is 1. The average Bonchev–Trinajstić information content (AvgIpc) is 3.32. The summed E-state index contributed by atoms with van der Waals surface area (Å²) >= 11 is 0. The number of ether oxygens (including phenoxy) is 1. The SMILES string of the molecule is CCOCCCn1c(NC(=O)Cc2nc(-c3ccccc3)oc2C)nc2ccccc21. The second kappa shape index (κ2) is 9.57. The maximum Gasteiger partial charge on any atom is 0.232 e. The second-order valence-electron chi connectivity index (χ2n) is 7.24. The number of aryl methyl sites for hydroxylation is 2. The molecule has 160 valence electrons. The highest BCUT2D eigenvalue weighted by Gasteiger charge is 2.17. The van der Waals surface area contributed by atoms with Gasteiger partial charge in [-0.05, 0) is 44.5 Å². The number of imidazole rings is 1. The highest BCUT2D eigenvalue weighted by molar-refractivity contribution is 5.92. The van der Waals surface area contributed by atoms with Gasteiger partial charge in [0, 0.05) is 25.3 Å². The molecule has 1 amide bonds. The van der Waals surface area contributed by atoms with Gasteiger partial charge in [0.2, 0.25) is 17.7 Å². The van der Waals surface area contributed by atoms with Gasteiger partial charge in [-0.15, -0.1) is 0 Å². The Morgan fingerprint density at radius 2 is 1.87 bits per heavy atom. The first kappa shape index (κ1) is 20.8. The predicted molar refractivity (Wildman–Crippen MR) is 120 cm³/mol. The van der Waals surface area contributed by atoms with E-state index in [4.69, 9.17) is 9.15 Å². The number of oxazole rings is 1. The third kappa shape index (κ3) is 4.83. The number of para-hydroxylation sites is 2. The van der Waals surface area contributed by atoms with Crippen LogP contribution in [0.3, 0.4) is 0 Å². The molecule has 0 atom stereocenters. The number of carbonyl (C=O) groups excluding carboxylic acids is 1. The molecule has 0 radical (unpaired) electrons. The first-order chi connectivity index (χ1) is 15.2. The predicted octanol–water partition coefficient (Wildman–Crippen LogP) is 4.61. The van der Waals surface area contributed by atoms with E-state index in [0.29, 0.717) is 43.1 Å². The van der Waals surface area contributed by atoms with Crippen molar-refractivity contribution in [1.29, 1.82) is 0 Å². The molecule has 0 aliphatic carbocycles. The minimum atomic E-state index is -0.183. The first-order valence-electron chi connectivity index (χ1n) is 10.5. The standard InChI is InChI=1S/C24H26N4O3/c1-3-30-15-9-14-28-21-13-8-7-12-19(21)26-24(28)27-22(29)16-20-17(2)31-23(25-20)18-10-5-4-6-11-18/h4-8,10-13H,3,9,14-16H2,1-2H3,(H,26,27,29). The normalized spacial score (nSPS) is 11.2. The molecule has 0 spiro atoms. The highest BCUT2D eigenvalue weighted by atomic mass is 16.5. The van der Waals surface area contributed by atoms with Crippen LogP contribution in [0, 0.1) is 6.92 Å². The summed E-state index contributed by atoms with van der Waals surface area (Å²) in [5.74, 6) is 1.51. The number of hydrogen-bond acceptors (Lipinski definition) is 5. The largest absolute Gasteiger partial charge is 0.441 e. The first-order valence-corrected chi connectivity index (χ1v) is 10.5. The van der Waals surface area contributed by atoms with Crippen LogP contribution in [0.1, 0.15) is 24.8 Å². The van der Waals surface area contributed by atoms with Crippen LogP contribution in [0.4, 0.5) is 5.95 Å². The van der Waals surface area contributed by atoms with Crippen molar-refractivity contribution in [3.05, 3.63) is 66.1 Å². The van der Waals surface area contributed by atoms with Crippen molar-refractivity contribution in [1.82, 2.24) is 14.5 Å². The van der Waals surface area contributed by atoms with Gasteiger partial charge in [0.15, 0.2) is 0 Å². The maximum absolute atomic E-state index is 12.8. The fourth-order valence-electron chi connectivity index (χ4n) is 3.48. The second-order valence-corrected chi connectivity index (χ2v) is 7.24. The number of benzene rings is 2. The summed E-state index contributed by atoms with van der Waals surface area (Å²) in [5.41, 5.74) is 3.33. The third-order valence-corrected chi connectivity index (χ3v) is 5.02. The van der Waals surface area contributed by atoms with Crippen molar-refractivity contribution in [2.75, 3.05) is 18.5 Å². The Balaban J connectivity index is 1.50. The van der Waals surface area contributed by atoms with Crippen LogP contribution in [-0.4, -0.2) is 33.7 Å². The van der Waals surface area contributed by atoms with Gasteiger partial charge in [-0.2, -0.15) is 0 Å². The van der Waals surface area contributed by atoms with Gasteiger partial charge in [-0.3, -0.25) is 10.1 Å². The summed E-state index contributed by atoms with van der Waals surface area (Å²) < 4.78 is 13.3. The lowest BCUT2D eigenvalue weighted by molar-refractivity contribution is -0.115. The van der Waals surface area contributed by atoms with Crippen LogP contribution in [0.2, 0.25) is 0 Å². The van der Waals surface area contributed by atoms with Crippen LogP contribution in [0.15, 0.2) is 59.0 Å². The molecule has 0 unspecified atom stereocenters. The van der Waals surface area contributed by atoms with Gasteiger partial charge < -0.3 is 13.7 Å². The molecule has 7 nitrogen and oxygen atoms in total.